The largest absolute Gasteiger partial charge is 0.495 e. The smallest absolute Gasteiger partial charge is 0.136 e. The molecule has 1 rings (SSSR count). The molecule has 4 nitrogen and oxygen atoms in total. The Bertz CT molecular complexity index is 422. The van der Waals surface area contributed by atoms with Crippen molar-refractivity contribution < 1.29 is 4.74 Å². The molecule has 19 heavy (non-hydrogen) atoms. The van der Waals surface area contributed by atoms with Gasteiger partial charge in [0, 0.05) is 19.6 Å². The van der Waals surface area contributed by atoms with Crippen LogP contribution < -0.4 is 10.1 Å². The molecule has 0 aliphatic heterocycles. The van der Waals surface area contributed by atoms with Crippen LogP contribution in [0, 0.1) is 11.3 Å². The Morgan fingerprint density at radius 2 is 2.05 bits per heavy atom. The van der Waals surface area contributed by atoms with Crippen molar-refractivity contribution in [2.75, 3.05) is 33.3 Å². The number of hydrogen-bond acceptors (Lipinski definition) is 4. The van der Waals surface area contributed by atoms with Gasteiger partial charge in [0.25, 0.3) is 0 Å². The summed E-state index contributed by atoms with van der Waals surface area (Å²) in [6.07, 6.45) is 0. The lowest BCUT2D eigenvalue weighted by molar-refractivity contribution is 0.302. The highest BCUT2D eigenvalue weighted by molar-refractivity contribution is 5.45. The number of benzene rings is 1. The molecular weight excluding hydrogens is 238 g/mol. The molecule has 0 spiro atoms. The maximum Gasteiger partial charge on any atom is 0.136 e. The molecule has 0 aromatic heterocycles. The summed E-state index contributed by atoms with van der Waals surface area (Å²) in [4.78, 5) is 2.38. The monoisotopic (exact) mass is 261 g/mol. The summed E-state index contributed by atoms with van der Waals surface area (Å²) in [5, 5.41) is 12.4. The maximum atomic E-state index is 9.03. The Labute approximate surface area is 116 Å². The molecule has 0 heterocycles. The van der Waals surface area contributed by atoms with E-state index in [4.69, 9.17) is 10.00 Å². The van der Waals surface area contributed by atoms with Gasteiger partial charge in [0.05, 0.1) is 12.7 Å². The lowest BCUT2D eigenvalue weighted by Crippen LogP contribution is -2.31. The summed E-state index contributed by atoms with van der Waals surface area (Å²) >= 11 is 0. The van der Waals surface area contributed by atoms with E-state index in [1.165, 1.54) is 0 Å². The van der Waals surface area contributed by atoms with Gasteiger partial charge in [-0.25, -0.2) is 0 Å². The molecule has 0 aliphatic carbocycles. The van der Waals surface area contributed by atoms with Gasteiger partial charge >= 0.3 is 0 Å². The van der Waals surface area contributed by atoms with Crippen molar-refractivity contribution >= 4 is 0 Å². The molecule has 0 amide bonds. The molecule has 1 aromatic rings. The van der Waals surface area contributed by atoms with E-state index in [1.54, 1.807) is 7.11 Å². The van der Waals surface area contributed by atoms with Crippen molar-refractivity contribution in [1.29, 1.82) is 5.26 Å². The molecule has 0 aliphatic rings. The van der Waals surface area contributed by atoms with Crippen LogP contribution in [-0.4, -0.2) is 38.2 Å². The van der Waals surface area contributed by atoms with Gasteiger partial charge in [-0.3, -0.25) is 0 Å². The molecular formula is C15H23N3O. The SMILES string of the molecule is CCN(CC)CCNCc1ccc(OC)c(C#N)c1. The number of ether oxygens (including phenoxy) is 1. The van der Waals surface area contributed by atoms with Crippen LogP contribution in [0.3, 0.4) is 0 Å². The molecule has 0 radical (unpaired) electrons. The van der Waals surface area contributed by atoms with Gasteiger partial charge in [-0.05, 0) is 30.8 Å². The molecule has 0 bridgehead atoms. The zero-order valence-electron chi connectivity index (χ0n) is 12.1. The summed E-state index contributed by atoms with van der Waals surface area (Å²) < 4.78 is 5.13. The van der Waals surface area contributed by atoms with Gasteiger partial charge in [-0.1, -0.05) is 19.9 Å². The Kier molecular flexibility index (Phi) is 6.94. The third kappa shape index (κ3) is 4.90. The average molecular weight is 261 g/mol. The highest BCUT2D eigenvalue weighted by Crippen LogP contribution is 2.18. The van der Waals surface area contributed by atoms with Crippen molar-refractivity contribution in [3.05, 3.63) is 29.3 Å². The van der Waals surface area contributed by atoms with Gasteiger partial charge in [0.1, 0.15) is 11.8 Å². The maximum absolute atomic E-state index is 9.03. The zero-order valence-corrected chi connectivity index (χ0v) is 12.1. The topological polar surface area (TPSA) is 48.3 Å². The molecule has 1 aromatic carbocycles. The molecule has 104 valence electrons. The summed E-state index contributed by atoms with van der Waals surface area (Å²) in [6, 6.07) is 7.87. The van der Waals surface area contributed by atoms with Crippen LogP contribution in [0.1, 0.15) is 25.0 Å². The molecule has 0 saturated carbocycles. The Morgan fingerprint density at radius 3 is 2.63 bits per heavy atom. The van der Waals surface area contributed by atoms with Gasteiger partial charge < -0.3 is 15.0 Å². The number of rotatable bonds is 8. The second kappa shape index (κ2) is 8.52. The highest BCUT2D eigenvalue weighted by Gasteiger charge is 2.03. The van der Waals surface area contributed by atoms with Crippen molar-refractivity contribution in [3.63, 3.8) is 0 Å². The van der Waals surface area contributed by atoms with E-state index in [-0.39, 0.29) is 0 Å². The second-order valence-electron chi connectivity index (χ2n) is 4.35. The van der Waals surface area contributed by atoms with Crippen LogP contribution in [0.5, 0.6) is 5.75 Å². The average Bonchev–Trinajstić information content (AvgIpc) is 2.47. The van der Waals surface area contributed by atoms with Crippen LogP contribution in [0.25, 0.3) is 0 Å². The van der Waals surface area contributed by atoms with Gasteiger partial charge in [-0.2, -0.15) is 5.26 Å². The van der Waals surface area contributed by atoms with Crippen LogP contribution in [0.15, 0.2) is 18.2 Å². The Balaban J connectivity index is 2.44. The van der Waals surface area contributed by atoms with Crippen molar-refractivity contribution in [2.45, 2.75) is 20.4 Å². The lowest BCUT2D eigenvalue weighted by atomic mass is 10.1. The van der Waals surface area contributed by atoms with Gasteiger partial charge in [0.15, 0.2) is 0 Å². The quantitative estimate of drug-likeness (QED) is 0.727. The Hall–Kier alpha value is -1.57. The van der Waals surface area contributed by atoms with Crippen LogP contribution in [-0.2, 0) is 6.54 Å². The normalized spacial score (nSPS) is 10.5. The first-order chi connectivity index (χ1) is 9.24. The van der Waals surface area contributed by atoms with E-state index in [0.29, 0.717) is 11.3 Å². The third-order valence-corrected chi connectivity index (χ3v) is 3.21. The minimum absolute atomic E-state index is 0.588. The van der Waals surface area contributed by atoms with E-state index < -0.39 is 0 Å². The van der Waals surface area contributed by atoms with E-state index in [9.17, 15) is 0 Å². The lowest BCUT2D eigenvalue weighted by Gasteiger charge is -2.18. The summed E-state index contributed by atoms with van der Waals surface area (Å²) in [6.45, 7) is 9.29. The van der Waals surface area contributed by atoms with Crippen LogP contribution >= 0.6 is 0 Å². The fraction of sp³-hybridized carbons (Fsp3) is 0.533. The van der Waals surface area contributed by atoms with Gasteiger partial charge in [-0.15, -0.1) is 0 Å². The predicted molar refractivity (Wildman–Crippen MR) is 77.2 cm³/mol. The molecule has 0 saturated heterocycles. The first-order valence-electron chi connectivity index (χ1n) is 6.75. The molecule has 0 unspecified atom stereocenters. The van der Waals surface area contributed by atoms with Gasteiger partial charge in [0.2, 0.25) is 0 Å². The fourth-order valence-corrected chi connectivity index (χ4v) is 1.96. The first kappa shape index (κ1) is 15.5. The second-order valence-corrected chi connectivity index (χ2v) is 4.35. The third-order valence-electron chi connectivity index (χ3n) is 3.21. The highest BCUT2D eigenvalue weighted by atomic mass is 16.5. The molecule has 0 fully saturated rings. The van der Waals surface area contributed by atoms with Crippen LogP contribution in [0.2, 0.25) is 0 Å². The number of methoxy groups -OCH3 is 1. The molecule has 1 N–H and O–H groups in total. The Morgan fingerprint density at radius 1 is 1.32 bits per heavy atom. The predicted octanol–water partition coefficient (Wildman–Crippen LogP) is 2.00. The van der Waals surface area contributed by atoms with Crippen molar-refractivity contribution in [2.24, 2.45) is 0 Å². The van der Waals surface area contributed by atoms with E-state index in [2.05, 4.69) is 30.1 Å². The van der Waals surface area contributed by atoms with E-state index in [0.717, 1.165) is 38.3 Å². The van der Waals surface area contributed by atoms with E-state index >= 15 is 0 Å². The van der Waals surface area contributed by atoms with Crippen molar-refractivity contribution in [1.82, 2.24) is 10.2 Å². The molecule has 4 heteroatoms. The molecule has 0 atom stereocenters. The summed E-state index contributed by atoms with van der Waals surface area (Å²) in [5.74, 6) is 0.634. The standard InChI is InChI=1S/C15H23N3O/c1-4-18(5-2)9-8-17-12-13-6-7-15(19-3)14(10-13)11-16/h6-7,10,17H,4-5,8-9,12H2,1-3H3. The summed E-state index contributed by atoms with van der Waals surface area (Å²) in [7, 11) is 1.58. The number of nitrogens with zero attached hydrogens (tertiary/aromatic N) is 2. The zero-order chi connectivity index (χ0) is 14.1. The summed E-state index contributed by atoms with van der Waals surface area (Å²) in [5.41, 5.74) is 1.70. The fourth-order valence-electron chi connectivity index (χ4n) is 1.96. The number of hydrogen-bond donors (Lipinski definition) is 1. The van der Waals surface area contributed by atoms with Crippen molar-refractivity contribution in [3.8, 4) is 11.8 Å². The number of likely N-dealkylation sites (N-methyl/N-ethyl adjacent to an activating group) is 1. The van der Waals surface area contributed by atoms with Crippen LogP contribution in [0.4, 0.5) is 0 Å². The van der Waals surface area contributed by atoms with E-state index in [1.807, 2.05) is 18.2 Å². The minimum atomic E-state index is 0.588. The number of nitrogens with one attached hydrogen (secondary N) is 1. The first-order valence-corrected chi connectivity index (χ1v) is 6.75. The minimum Gasteiger partial charge on any atom is -0.495 e. The number of nitriles is 1.